The molecule has 2 fully saturated rings. The van der Waals surface area contributed by atoms with E-state index in [-0.39, 0.29) is 35.8 Å². The van der Waals surface area contributed by atoms with Gasteiger partial charge in [-0.2, -0.15) is 0 Å². The summed E-state index contributed by atoms with van der Waals surface area (Å²) in [5.74, 6) is -0.596. The van der Waals surface area contributed by atoms with E-state index in [0.29, 0.717) is 0 Å². The minimum Gasteiger partial charge on any atom is -0.438 e. The normalized spacial score (nSPS) is 17.9. The second kappa shape index (κ2) is 6.94. The predicted octanol–water partition coefficient (Wildman–Crippen LogP) is 0.463. The van der Waals surface area contributed by atoms with Crippen molar-refractivity contribution in [3.63, 3.8) is 0 Å². The van der Waals surface area contributed by atoms with Crippen LogP contribution in [-0.2, 0) is 14.8 Å². The Morgan fingerprint density at radius 2 is 1.92 bits per heavy atom. The third-order valence-corrected chi connectivity index (χ3v) is 5.45. The third kappa shape index (κ3) is 4.15. The van der Waals surface area contributed by atoms with Crippen LogP contribution in [0.1, 0.15) is 42.7 Å². The minimum atomic E-state index is -3.71. The predicted molar refractivity (Wildman–Crippen MR) is 84.8 cm³/mol. The Labute approximate surface area is 140 Å². The average molecular weight is 355 g/mol. The first-order chi connectivity index (χ1) is 11.5. The monoisotopic (exact) mass is 355 g/mol. The van der Waals surface area contributed by atoms with E-state index in [1.807, 2.05) is 0 Å². The van der Waals surface area contributed by atoms with Crippen molar-refractivity contribution in [2.24, 2.45) is 0 Å². The lowest BCUT2D eigenvalue weighted by atomic mass is 10.3. The average Bonchev–Trinajstić information content (AvgIpc) is 3.05. The van der Waals surface area contributed by atoms with Crippen LogP contribution in [0, 0.1) is 0 Å². The number of carbonyl (C=O) groups is 2. The van der Waals surface area contributed by atoms with Crippen LogP contribution in [0.4, 0.5) is 0 Å². The first-order valence-corrected chi connectivity index (χ1v) is 9.62. The molecule has 8 nitrogen and oxygen atoms in total. The fourth-order valence-corrected chi connectivity index (χ4v) is 3.80. The molecule has 2 N–H and O–H groups in total. The van der Waals surface area contributed by atoms with E-state index in [4.69, 9.17) is 4.42 Å². The molecule has 1 aliphatic heterocycles. The first kappa shape index (κ1) is 17.0. The van der Waals surface area contributed by atoms with Gasteiger partial charge >= 0.3 is 0 Å². The lowest BCUT2D eigenvalue weighted by Crippen LogP contribution is -2.32. The topological polar surface area (TPSA) is 109 Å². The maximum Gasteiger partial charge on any atom is 0.287 e. The highest BCUT2D eigenvalue weighted by molar-refractivity contribution is 7.89. The van der Waals surface area contributed by atoms with E-state index in [9.17, 15) is 18.0 Å². The minimum absolute atomic E-state index is 0.0177. The molecule has 2 amide bonds. The fourth-order valence-electron chi connectivity index (χ4n) is 2.56. The van der Waals surface area contributed by atoms with Crippen LogP contribution >= 0.6 is 0 Å². The van der Waals surface area contributed by atoms with Gasteiger partial charge in [-0.3, -0.25) is 9.59 Å². The highest BCUT2D eigenvalue weighted by atomic mass is 32.2. The highest BCUT2D eigenvalue weighted by Gasteiger charge is 2.30. The molecule has 132 valence electrons. The van der Waals surface area contributed by atoms with Gasteiger partial charge in [-0.1, -0.05) is 0 Å². The second-order valence-electron chi connectivity index (χ2n) is 6.11. The summed E-state index contributed by atoms with van der Waals surface area (Å²) in [7, 11) is -3.71. The molecule has 3 rings (SSSR count). The van der Waals surface area contributed by atoms with Crippen molar-refractivity contribution in [1.82, 2.24) is 14.9 Å². The SMILES string of the molecule is O=C(NCCC(=O)N1CCCC1)c1ccc(S(=O)(=O)NC2CC2)o1. The van der Waals surface area contributed by atoms with E-state index in [1.54, 1.807) is 4.90 Å². The molecule has 1 aromatic rings. The van der Waals surface area contributed by atoms with Gasteiger partial charge in [0.15, 0.2) is 5.76 Å². The lowest BCUT2D eigenvalue weighted by molar-refractivity contribution is -0.129. The number of nitrogens with zero attached hydrogens (tertiary/aromatic N) is 1. The molecule has 1 saturated carbocycles. The van der Waals surface area contributed by atoms with Crippen molar-refractivity contribution in [3.8, 4) is 0 Å². The van der Waals surface area contributed by atoms with Gasteiger partial charge in [-0.25, -0.2) is 13.1 Å². The van der Waals surface area contributed by atoms with E-state index in [0.717, 1.165) is 38.8 Å². The molecular formula is C15H21N3O5S. The molecule has 0 unspecified atom stereocenters. The van der Waals surface area contributed by atoms with Crippen LogP contribution in [0.3, 0.4) is 0 Å². The number of sulfonamides is 1. The number of nitrogens with one attached hydrogen (secondary N) is 2. The molecule has 9 heteroatoms. The van der Waals surface area contributed by atoms with Gasteiger partial charge in [-0.15, -0.1) is 0 Å². The molecule has 1 aromatic heterocycles. The molecule has 0 radical (unpaired) electrons. The Kier molecular flexibility index (Phi) is 4.91. The fraction of sp³-hybridized carbons (Fsp3) is 0.600. The van der Waals surface area contributed by atoms with Gasteiger partial charge in [0, 0.05) is 32.1 Å². The first-order valence-electron chi connectivity index (χ1n) is 8.14. The number of rotatable bonds is 7. The number of furan rings is 1. The van der Waals surface area contributed by atoms with Crippen molar-refractivity contribution in [2.75, 3.05) is 19.6 Å². The van der Waals surface area contributed by atoms with Crippen molar-refractivity contribution >= 4 is 21.8 Å². The van der Waals surface area contributed by atoms with Crippen LogP contribution < -0.4 is 10.0 Å². The highest BCUT2D eigenvalue weighted by Crippen LogP contribution is 2.23. The van der Waals surface area contributed by atoms with Crippen LogP contribution in [-0.4, -0.2) is 50.8 Å². The van der Waals surface area contributed by atoms with Crippen LogP contribution in [0.5, 0.6) is 0 Å². The Hall–Kier alpha value is -1.87. The zero-order valence-electron chi connectivity index (χ0n) is 13.3. The molecule has 0 bridgehead atoms. The summed E-state index contributed by atoms with van der Waals surface area (Å²) < 4.78 is 31.6. The van der Waals surface area contributed by atoms with Gasteiger partial charge in [0.2, 0.25) is 11.0 Å². The summed E-state index contributed by atoms with van der Waals surface area (Å²) in [6, 6.07) is 2.54. The Bertz CT molecular complexity index is 717. The molecule has 1 aliphatic carbocycles. The quantitative estimate of drug-likeness (QED) is 0.739. The number of carbonyl (C=O) groups excluding carboxylic acids is 2. The zero-order valence-corrected chi connectivity index (χ0v) is 14.1. The molecule has 0 atom stereocenters. The lowest BCUT2D eigenvalue weighted by Gasteiger charge is -2.14. The number of amides is 2. The van der Waals surface area contributed by atoms with E-state index < -0.39 is 15.9 Å². The maximum absolute atomic E-state index is 12.0. The number of likely N-dealkylation sites (tertiary alicyclic amines) is 1. The molecule has 1 saturated heterocycles. The zero-order chi connectivity index (χ0) is 17.2. The summed E-state index contributed by atoms with van der Waals surface area (Å²) in [5.41, 5.74) is 0. The van der Waals surface area contributed by atoms with Gasteiger partial charge in [0.25, 0.3) is 15.9 Å². The van der Waals surface area contributed by atoms with Gasteiger partial charge in [0.05, 0.1) is 0 Å². The molecule has 24 heavy (non-hydrogen) atoms. The van der Waals surface area contributed by atoms with Gasteiger partial charge < -0.3 is 14.6 Å². The Morgan fingerprint density at radius 3 is 2.58 bits per heavy atom. The van der Waals surface area contributed by atoms with Crippen molar-refractivity contribution in [2.45, 2.75) is 43.2 Å². The van der Waals surface area contributed by atoms with Gasteiger partial charge in [0.1, 0.15) is 0 Å². The number of hydrogen-bond donors (Lipinski definition) is 2. The molecular weight excluding hydrogens is 334 g/mol. The van der Waals surface area contributed by atoms with E-state index >= 15 is 0 Å². The van der Waals surface area contributed by atoms with Crippen molar-refractivity contribution < 1.29 is 22.4 Å². The van der Waals surface area contributed by atoms with Crippen molar-refractivity contribution in [1.29, 1.82) is 0 Å². The Morgan fingerprint density at radius 1 is 1.21 bits per heavy atom. The van der Waals surface area contributed by atoms with Crippen LogP contribution in [0.15, 0.2) is 21.6 Å². The summed E-state index contributed by atoms with van der Waals surface area (Å²) in [6.07, 6.45) is 3.91. The van der Waals surface area contributed by atoms with Gasteiger partial charge in [-0.05, 0) is 37.8 Å². The third-order valence-electron chi connectivity index (χ3n) is 4.05. The van der Waals surface area contributed by atoms with E-state index in [2.05, 4.69) is 10.0 Å². The summed E-state index contributed by atoms with van der Waals surface area (Å²) in [4.78, 5) is 25.6. The van der Waals surface area contributed by atoms with Crippen LogP contribution in [0.2, 0.25) is 0 Å². The standard InChI is InChI=1S/C15H21N3O5S/c19-13(18-9-1-2-10-18)7-8-16-15(20)12-5-6-14(23-12)24(21,22)17-11-3-4-11/h5-6,11,17H,1-4,7-10H2,(H,16,20). The smallest absolute Gasteiger partial charge is 0.287 e. The summed E-state index contributed by atoms with van der Waals surface area (Å²) in [6.45, 7) is 1.75. The molecule has 0 aromatic carbocycles. The Balaban J connectivity index is 1.49. The molecule has 2 aliphatic rings. The number of hydrogen-bond acceptors (Lipinski definition) is 5. The summed E-state index contributed by atoms with van der Waals surface area (Å²) >= 11 is 0. The van der Waals surface area contributed by atoms with E-state index in [1.165, 1.54) is 12.1 Å². The largest absolute Gasteiger partial charge is 0.438 e. The molecule has 2 heterocycles. The molecule has 0 spiro atoms. The maximum atomic E-state index is 12.0. The summed E-state index contributed by atoms with van der Waals surface area (Å²) in [5, 5.41) is 2.31. The van der Waals surface area contributed by atoms with Crippen molar-refractivity contribution in [3.05, 3.63) is 17.9 Å². The second-order valence-corrected chi connectivity index (χ2v) is 7.75. The van der Waals surface area contributed by atoms with Crippen LogP contribution in [0.25, 0.3) is 0 Å².